The molecule has 1 aromatic rings. The van der Waals surface area contributed by atoms with Crippen LogP contribution in [0.15, 0.2) is 12.4 Å². The van der Waals surface area contributed by atoms with Gasteiger partial charge in [-0.25, -0.2) is 9.13 Å². The Kier molecular flexibility index (Phi) is 29.5. The van der Waals surface area contributed by atoms with Gasteiger partial charge in [0.25, 0.3) is 5.82 Å². The Bertz CT molecular complexity index is 595. The minimum atomic E-state index is 1.20. The summed E-state index contributed by atoms with van der Waals surface area (Å²) in [4.78, 5) is 0. The number of aryl methyl sites for hydroxylation is 2. The predicted octanol–water partition coefficient (Wildman–Crippen LogP) is 13.6. The van der Waals surface area contributed by atoms with Gasteiger partial charge in [0.1, 0.15) is 12.4 Å². The van der Waals surface area contributed by atoms with Gasteiger partial charge < -0.3 is 0 Å². The molecule has 0 amide bonds. The highest BCUT2D eigenvalue weighted by molar-refractivity contribution is 4.79. The topological polar surface area (TPSA) is 8.81 Å². The second-order valence-electron chi connectivity index (χ2n) is 13.8. The lowest BCUT2D eigenvalue weighted by Crippen LogP contribution is -2.35. The van der Waals surface area contributed by atoms with Gasteiger partial charge >= 0.3 is 0 Å². The van der Waals surface area contributed by atoms with Crippen molar-refractivity contribution in [2.45, 2.75) is 239 Å². The van der Waals surface area contributed by atoms with Crippen molar-refractivity contribution in [3.05, 3.63) is 18.2 Å². The third kappa shape index (κ3) is 24.6. The molecule has 0 atom stereocenters. The Balaban J connectivity index is 1.85. The van der Waals surface area contributed by atoms with Crippen molar-refractivity contribution in [3.8, 4) is 0 Å². The van der Waals surface area contributed by atoms with E-state index in [0.717, 1.165) is 0 Å². The predicted molar refractivity (Wildman–Crippen MR) is 188 cm³/mol. The molecule has 1 heterocycles. The molecule has 2 nitrogen and oxygen atoms in total. The van der Waals surface area contributed by atoms with Crippen LogP contribution in [0, 0.1) is 6.92 Å². The van der Waals surface area contributed by atoms with Crippen LogP contribution in [0.2, 0.25) is 0 Å². The van der Waals surface area contributed by atoms with Gasteiger partial charge in [-0.15, -0.1) is 0 Å². The van der Waals surface area contributed by atoms with Gasteiger partial charge in [0.2, 0.25) is 0 Å². The molecule has 0 unspecified atom stereocenters. The van der Waals surface area contributed by atoms with Gasteiger partial charge in [-0.2, -0.15) is 0 Å². The van der Waals surface area contributed by atoms with E-state index in [1.54, 1.807) is 0 Å². The molecule has 0 fully saturated rings. The highest BCUT2D eigenvalue weighted by Crippen LogP contribution is 2.15. The fourth-order valence-electron chi connectivity index (χ4n) is 6.67. The largest absolute Gasteiger partial charge is 0.253 e. The van der Waals surface area contributed by atoms with E-state index in [0.29, 0.717) is 0 Å². The lowest BCUT2D eigenvalue weighted by atomic mass is 10.0. The van der Waals surface area contributed by atoms with E-state index in [9.17, 15) is 0 Å². The molecule has 0 spiro atoms. The van der Waals surface area contributed by atoms with E-state index in [1.807, 2.05) is 0 Å². The van der Waals surface area contributed by atoms with Gasteiger partial charge in [-0.1, -0.05) is 194 Å². The average molecular weight is 588 g/mol. The maximum Gasteiger partial charge on any atom is 0.253 e. The van der Waals surface area contributed by atoms with E-state index >= 15 is 0 Å². The van der Waals surface area contributed by atoms with Crippen molar-refractivity contribution >= 4 is 0 Å². The highest BCUT2D eigenvalue weighted by atomic mass is 15.1. The normalized spacial score (nSPS) is 11.6. The van der Waals surface area contributed by atoms with Crippen LogP contribution in [0.1, 0.15) is 225 Å². The molecule has 0 bridgehead atoms. The van der Waals surface area contributed by atoms with Gasteiger partial charge in [-0.3, -0.25) is 0 Å². The number of hydrogen-bond acceptors (Lipinski definition) is 0. The van der Waals surface area contributed by atoms with E-state index in [4.69, 9.17) is 0 Å². The Labute approximate surface area is 266 Å². The lowest BCUT2D eigenvalue weighted by Gasteiger charge is -2.04. The first-order valence-electron chi connectivity index (χ1n) is 19.8. The zero-order valence-corrected chi connectivity index (χ0v) is 29.6. The van der Waals surface area contributed by atoms with Crippen LogP contribution in [0.3, 0.4) is 0 Å². The molecule has 248 valence electrons. The summed E-state index contributed by atoms with van der Waals surface area (Å²) in [6.07, 6.45) is 50.9. The number of nitrogens with zero attached hydrogens (tertiary/aromatic N) is 2. The van der Waals surface area contributed by atoms with Crippen molar-refractivity contribution < 1.29 is 4.57 Å². The quantitative estimate of drug-likeness (QED) is 0.0560. The summed E-state index contributed by atoms with van der Waals surface area (Å²) in [5.41, 5.74) is 0. The van der Waals surface area contributed by atoms with Gasteiger partial charge in [0, 0.05) is 6.92 Å². The summed E-state index contributed by atoms with van der Waals surface area (Å²) in [6.45, 7) is 9.34. The molecule has 0 saturated heterocycles. The zero-order chi connectivity index (χ0) is 30.2. The third-order valence-corrected chi connectivity index (χ3v) is 9.76. The second-order valence-corrected chi connectivity index (χ2v) is 13.8. The molecule has 1 rings (SSSR count). The highest BCUT2D eigenvalue weighted by Gasteiger charge is 2.11. The second kappa shape index (κ2) is 31.6. The number of rotatable bonds is 34. The van der Waals surface area contributed by atoms with Crippen LogP contribution < -0.4 is 4.57 Å². The molecule has 0 aliphatic rings. The van der Waals surface area contributed by atoms with Gasteiger partial charge in [0.05, 0.1) is 13.1 Å². The van der Waals surface area contributed by atoms with E-state index in [-0.39, 0.29) is 0 Å². The molecule has 0 radical (unpaired) electrons. The Hall–Kier alpha value is -0.790. The minimum absolute atomic E-state index is 1.20. The van der Waals surface area contributed by atoms with Crippen molar-refractivity contribution in [1.29, 1.82) is 0 Å². The molecule has 2 heteroatoms. The van der Waals surface area contributed by atoms with Crippen molar-refractivity contribution in [3.63, 3.8) is 0 Å². The van der Waals surface area contributed by atoms with Crippen LogP contribution in [-0.4, -0.2) is 4.57 Å². The molecule has 0 aliphatic carbocycles. The van der Waals surface area contributed by atoms with Crippen molar-refractivity contribution in [2.24, 2.45) is 0 Å². The van der Waals surface area contributed by atoms with Crippen LogP contribution in [0.25, 0.3) is 0 Å². The van der Waals surface area contributed by atoms with Crippen LogP contribution in [-0.2, 0) is 13.1 Å². The molecule has 0 aliphatic heterocycles. The van der Waals surface area contributed by atoms with E-state index < -0.39 is 0 Å². The fraction of sp³-hybridized carbons (Fsp3) is 0.925. The third-order valence-electron chi connectivity index (χ3n) is 9.76. The van der Waals surface area contributed by atoms with E-state index in [2.05, 4.69) is 42.3 Å². The first-order valence-corrected chi connectivity index (χ1v) is 19.8. The molecule has 0 N–H and O–H groups in total. The molecular formula is C40H79N2+. The van der Waals surface area contributed by atoms with Crippen LogP contribution in [0.5, 0.6) is 0 Å². The zero-order valence-electron chi connectivity index (χ0n) is 29.6. The van der Waals surface area contributed by atoms with Gasteiger partial charge in [-0.05, 0) is 25.7 Å². The summed E-state index contributed by atoms with van der Waals surface area (Å²) in [7, 11) is 0. The SMILES string of the molecule is CCCCCCCCCCCCCCCCCCn1cc[n+](CCCCCCCCCCCCCCCCCC)c1C. The molecule has 0 aromatic carbocycles. The Morgan fingerprint density at radius 1 is 0.405 bits per heavy atom. The first-order chi connectivity index (χ1) is 20.8. The minimum Gasteiger partial charge on any atom is -0.234 e. The lowest BCUT2D eigenvalue weighted by molar-refractivity contribution is -0.702. The van der Waals surface area contributed by atoms with Crippen molar-refractivity contribution in [1.82, 2.24) is 4.57 Å². The van der Waals surface area contributed by atoms with Gasteiger partial charge in [0.15, 0.2) is 0 Å². The molecular weight excluding hydrogens is 508 g/mol. The number of unbranched alkanes of at least 4 members (excludes halogenated alkanes) is 30. The maximum absolute atomic E-state index is 2.50. The summed E-state index contributed by atoms with van der Waals surface area (Å²) in [6, 6.07) is 0. The summed E-state index contributed by atoms with van der Waals surface area (Å²) in [5.74, 6) is 1.46. The number of hydrogen-bond donors (Lipinski definition) is 0. The number of imidazole rings is 1. The molecule has 1 aromatic heterocycles. The Morgan fingerprint density at radius 2 is 0.690 bits per heavy atom. The standard InChI is InChI=1S/C40H79N2/c1-4-6-8-10-12-14-16-18-20-22-24-26-28-30-32-34-36-41-38-39-42(40(41)3)37-35-33-31-29-27-25-23-21-19-17-15-13-11-9-7-5-2/h38-39H,4-37H2,1-3H3/q+1. The summed E-state index contributed by atoms with van der Waals surface area (Å²) in [5, 5.41) is 0. The maximum atomic E-state index is 2.50. The molecule has 0 saturated carbocycles. The summed E-state index contributed by atoms with van der Waals surface area (Å²) >= 11 is 0. The van der Waals surface area contributed by atoms with E-state index in [1.165, 1.54) is 224 Å². The monoisotopic (exact) mass is 588 g/mol. The molecule has 42 heavy (non-hydrogen) atoms. The van der Waals surface area contributed by atoms with Crippen LogP contribution in [0.4, 0.5) is 0 Å². The fourth-order valence-corrected chi connectivity index (χ4v) is 6.67. The summed E-state index contributed by atoms with van der Waals surface area (Å²) < 4.78 is 4.99. The number of aromatic nitrogens is 2. The van der Waals surface area contributed by atoms with Crippen molar-refractivity contribution in [2.75, 3.05) is 0 Å². The first kappa shape index (κ1) is 39.2. The smallest absolute Gasteiger partial charge is 0.234 e. The Morgan fingerprint density at radius 3 is 1.02 bits per heavy atom. The average Bonchev–Trinajstić information content (AvgIpc) is 3.35. The van der Waals surface area contributed by atoms with Crippen LogP contribution >= 0.6 is 0 Å².